The number of amides is 1. The largest absolute Gasteiger partial charge is 0.286 e. The molecule has 1 unspecified atom stereocenters. The fourth-order valence-corrected chi connectivity index (χ4v) is 2.97. The van der Waals surface area contributed by atoms with E-state index in [1.807, 2.05) is 6.07 Å². The zero-order valence-corrected chi connectivity index (χ0v) is 11.8. The van der Waals surface area contributed by atoms with Crippen molar-refractivity contribution in [1.82, 2.24) is 0 Å². The maximum absolute atomic E-state index is 12.5. The topological polar surface area (TPSA) is 46.5 Å². The first-order chi connectivity index (χ1) is 9.00. The van der Waals surface area contributed by atoms with Crippen molar-refractivity contribution in [3.63, 3.8) is 0 Å². The van der Waals surface area contributed by atoms with Crippen LogP contribution in [0.3, 0.4) is 0 Å². The highest BCUT2D eigenvalue weighted by molar-refractivity contribution is 7.93. The Balaban J connectivity index is 2.45. The van der Waals surface area contributed by atoms with E-state index in [0.717, 1.165) is 0 Å². The molecule has 0 N–H and O–H groups in total. The minimum absolute atomic E-state index is 0.259. The number of benzene rings is 2. The van der Waals surface area contributed by atoms with Crippen LogP contribution in [0.2, 0.25) is 5.02 Å². The molecule has 19 heavy (non-hydrogen) atoms. The number of hydrogen-bond acceptors (Lipinski definition) is 2. The SMILES string of the molecule is CS(=O)(=NC(=O)c1ccccc1Cl)c1ccccc1. The summed E-state index contributed by atoms with van der Waals surface area (Å²) in [6.45, 7) is 0. The van der Waals surface area contributed by atoms with Gasteiger partial charge >= 0.3 is 0 Å². The minimum atomic E-state index is -2.76. The van der Waals surface area contributed by atoms with Crippen molar-refractivity contribution in [2.45, 2.75) is 4.90 Å². The molecule has 2 aromatic rings. The molecule has 0 fully saturated rings. The van der Waals surface area contributed by atoms with Crippen LogP contribution in [0.5, 0.6) is 0 Å². The number of carbonyl (C=O) groups excluding carboxylic acids is 1. The smallest absolute Gasteiger partial charge is 0.266 e. The number of nitrogens with zero attached hydrogens (tertiary/aromatic N) is 1. The molecule has 3 nitrogen and oxygen atoms in total. The van der Waals surface area contributed by atoms with Crippen LogP contribution >= 0.6 is 11.6 Å². The van der Waals surface area contributed by atoms with Gasteiger partial charge in [0.15, 0.2) is 0 Å². The summed E-state index contributed by atoms with van der Waals surface area (Å²) in [6.07, 6.45) is 1.44. The van der Waals surface area contributed by atoms with Crippen LogP contribution in [0.4, 0.5) is 0 Å². The highest BCUT2D eigenvalue weighted by Crippen LogP contribution is 2.18. The lowest BCUT2D eigenvalue weighted by Crippen LogP contribution is -2.04. The van der Waals surface area contributed by atoms with Crippen LogP contribution in [-0.2, 0) is 9.73 Å². The molecule has 0 bridgehead atoms. The van der Waals surface area contributed by atoms with Gasteiger partial charge < -0.3 is 0 Å². The molecule has 1 atom stereocenters. The van der Waals surface area contributed by atoms with Gasteiger partial charge in [0, 0.05) is 11.2 Å². The predicted molar refractivity (Wildman–Crippen MR) is 77.0 cm³/mol. The zero-order valence-electron chi connectivity index (χ0n) is 10.2. The molecule has 0 radical (unpaired) electrons. The molecule has 0 saturated carbocycles. The van der Waals surface area contributed by atoms with Gasteiger partial charge in [-0.2, -0.15) is 4.36 Å². The van der Waals surface area contributed by atoms with Crippen molar-refractivity contribution in [3.8, 4) is 0 Å². The Labute approximate surface area is 117 Å². The zero-order chi connectivity index (χ0) is 13.9. The number of halogens is 1. The summed E-state index contributed by atoms with van der Waals surface area (Å²) in [5.41, 5.74) is 0.259. The molecular weight excluding hydrogens is 282 g/mol. The average Bonchev–Trinajstić information content (AvgIpc) is 2.39. The molecule has 0 saturated heterocycles. The molecule has 2 rings (SSSR count). The van der Waals surface area contributed by atoms with Gasteiger partial charge in [0.05, 0.1) is 20.3 Å². The first-order valence-electron chi connectivity index (χ1n) is 5.57. The monoisotopic (exact) mass is 293 g/mol. The molecule has 0 heterocycles. The van der Waals surface area contributed by atoms with Crippen LogP contribution in [0, 0.1) is 0 Å². The van der Waals surface area contributed by atoms with Gasteiger partial charge in [-0.3, -0.25) is 4.79 Å². The van der Waals surface area contributed by atoms with E-state index >= 15 is 0 Å². The van der Waals surface area contributed by atoms with E-state index < -0.39 is 15.6 Å². The Morgan fingerprint density at radius 2 is 1.63 bits per heavy atom. The van der Waals surface area contributed by atoms with Crippen molar-refractivity contribution in [2.24, 2.45) is 4.36 Å². The molecule has 2 aromatic carbocycles. The number of carbonyl (C=O) groups is 1. The molecule has 5 heteroatoms. The van der Waals surface area contributed by atoms with Crippen molar-refractivity contribution in [3.05, 3.63) is 65.2 Å². The molecule has 1 amide bonds. The molecule has 98 valence electrons. The van der Waals surface area contributed by atoms with Crippen LogP contribution in [0.15, 0.2) is 63.9 Å². The number of rotatable bonds is 2. The third-order valence-corrected chi connectivity index (χ3v) is 4.53. The molecule has 0 aromatic heterocycles. The van der Waals surface area contributed by atoms with E-state index in [-0.39, 0.29) is 5.56 Å². The van der Waals surface area contributed by atoms with Crippen molar-refractivity contribution >= 4 is 27.2 Å². The summed E-state index contributed by atoms with van der Waals surface area (Å²) < 4.78 is 16.3. The standard InChI is InChI=1S/C14H12ClNO2S/c1-19(18,11-7-3-2-4-8-11)16-14(17)12-9-5-6-10-13(12)15/h2-10H,1H3. The Morgan fingerprint density at radius 1 is 1.05 bits per heavy atom. The summed E-state index contributed by atoms with van der Waals surface area (Å²) in [4.78, 5) is 12.5. The lowest BCUT2D eigenvalue weighted by atomic mass is 10.2. The van der Waals surface area contributed by atoms with Gasteiger partial charge in [0.1, 0.15) is 0 Å². The first-order valence-corrected chi connectivity index (χ1v) is 7.87. The number of hydrogen-bond donors (Lipinski definition) is 0. The summed E-state index contributed by atoms with van der Waals surface area (Å²) in [5, 5.41) is 0.305. The van der Waals surface area contributed by atoms with Crippen LogP contribution in [0.25, 0.3) is 0 Å². The molecule has 0 aliphatic rings. The van der Waals surface area contributed by atoms with Gasteiger partial charge in [-0.1, -0.05) is 41.9 Å². The van der Waals surface area contributed by atoms with Gasteiger partial charge in [-0.15, -0.1) is 0 Å². The lowest BCUT2D eigenvalue weighted by molar-refractivity contribution is 0.100. The first kappa shape index (κ1) is 13.8. The summed E-state index contributed by atoms with van der Waals surface area (Å²) in [6, 6.07) is 15.3. The van der Waals surface area contributed by atoms with E-state index in [2.05, 4.69) is 4.36 Å². The fourth-order valence-electron chi connectivity index (χ4n) is 1.57. The molecule has 0 aliphatic carbocycles. The summed E-state index contributed by atoms with van der Waals surface area (Å²) in [7, 11) is -2.76. The average molecular weight is 294 g/mol. The second-order valence-corrected chi connectivity index (χ2v) is 6.66. The maximum Gasteiger partial charge on any atom is 0.286 e. The second kappa shape index (κ2) is 5.55. The second-order valence-electron chi connectivity index (χ2n) is 3.99. The van der Waals surface area contributed by atoms with E-state index in [9.17, 15) is 9.00 Å². The van der Waals surface area contributed by atoms with E-state index in [4.69, 9.17) is 11.6 Å². The molecular formula is C14H12ClNO2S. The van der Waals surface area contributed by atoms with Gasteiger partial charge in [-0.05, 0) is 24.3 Å². The van der Waals surface area contributed by atoms with Gasteiger partial charge in [0.25, 0.3) is 5.91 Å². The van der Waals surface area contributed by atoms with Crippen LogP contribution in [-0.4, -0.2) is 16.4 Å². The van der Waals surface area contributed by atoms with Crippen LogP contribution < -0.4 is 0 Å². The van der Waals surface area contributed by atoms with Crippen molar-refractivity contribution in [1.29, 1.82) is 0 Å². The van der Waals surface area contributed by atoms with E-state index in [0.29, 0.717) is 9.92 Å². The maximum atomic E-state index is 12.5. The van der Waals surface area contributed by atoms with Gasteiger partial charge in [0.2, 0.25) is 0 Å². The summed E-state index contributed by atoms with van der Waals surface area (Å²) >= 11 is 5.92. The Kier molecular flexibility index (Phi) is 4.02. The van der Waals surface area contributed by atoms with Crippen molar-refractivity contribution < 1.29 is 9.00 Å². The van der Waals surface area contributed by atoms with E-state index in [1.165, 1.54) is 6.26 Å². The minimum Gasteiger partial charge on any atom is -0.266 e. The third kappa shape index (κ3) is 3.22. The summed E-state index contributed by atoms with van der Waals surface area (Å²) in [5.74, 6) is -0.568. The Morgan fingerprint density at radius 3 is 2.26 bits per heavy atom. The van der Waals surface area contributed by atoms with Crippen LogP contribution in [0.1, 0.15) is 10.4 Å². The molecule has 0 spiro atoms. The Hall–Kier alpha value is -1.65. The van der Waals surface area contributed by atoms with Gasteiger partial charge in [-0.25, -0.2) is 4.21 Å². The highest BCUT2D eigenvalue weighted by Gasteiger charge is 2.13. The normalized spacial score (nSPS) is 13.6. The third-order valence-electron chi connectivity index (χ3n) is 2.54. The lowest BCUT2D eigenvalue weighted by Gasteiger charge is -2.04. The van der Waals surface area contributed by atoms with E-state index in [1.54, 1.807) is 48.5 Å². The quantitative estimate of drug-likeness (QED) is 0.848. The fraction of sp³-hybridized carbons (Fsp3) is 0.0714. The predicted octanol–water partition coefficient (Wildman–Crippen LogP) is 3.64. The Bertz CT molecular complexity index is 719. The highest BCUT2D eigenvalue weighted by atomic mass is 35.5. The van der Waals surface area contributed by atoms with Crippen molar-refractivity contribution in [2.75, 3.05) is 6.26 Å². The molecule has 0 aliphatic heterocycles.